The van der Waals surface area contributed by atoms with Gasteiger partial charge in [0.25, 0.3) is 5.97 Å². The maximum Gasteiger partial charge on any atom is 0.300 e. The van der Waals surface area contributed by atoms with Crippen molar-refractivity contribution < 1.29 is 9.90 Å². The maximum absolute atomic E-state index is 9.00. The fraction of sp³-hybridized carbons (Fsp3) is 0.857. The van der Waals surface area contributed by atoms with Crippen molar-refractivity contribution >= 4 is 5.97 Å². The van der Waals surface area contributed by atoms with Gasteiger partial charge in [0.2, 0.25) is 0 Å². The van der Waals surface area contributed by atoms with Crippen LogP contribution in [0.25, 0.3) is 0 Å². The molecular weight excluding hydrogens is 130 g/mol. The number of aliphatic carboxylic acids is 1. The third-order valence-corrected chi connectivity index (χ3v) is 1.03. The van der Waals surface area contributed by atoms with E-state index in [1.54, 1.807) is 0 Å². The highest BCUT2D eigenvalue weighted by Gasteiger charge is 1.90. The van der Waals surface area contributed by atoms with E-state index in [4.69, 9.17) is 9.90 Å². The Bertz CT molecular complexity index is 79.6. The molecule has 0 spiro atoms. The van der Waals surface area contributed by atoms with E-state index < -0.39 is 5.97 Å². The molecule has 0 aromatic carbocycles. The van der Waals surface area contributed by atoms with Crippen molar-refractivity contribution in [2.75, 3.05) is 14.1 Å². The van der Waals surface area contributed by atoms with Crippen LogP contribution in [0.4, 0.5) is 0 Å². The lowest BCUT2D eigenvalue weighted by atomic mass is 10.4. The van der Waals surface area contributed by atoms with Crippen LogP contribution >= 0.6 is 0 Å². The van der Waals surface area contributed by atoms with Gasteiger partial charge in [-0.05, 0) is 27.9 Å². The van der Waals surface area contributed by atoms with E-state index in [1.807, 2.05) is 0 Å². The molecule has 0 unspecified atom stereocenters. The summed E-state index contributed by atoms with van der Waals surface area (Å²) in [6.07, 6.45) is 0. The summed E-state index contributed by atoms with van der Waals surface area (Å²) in [6, 6.07) is 0.685. The van der Waals surface area contributed by atoms with Crippen molar-refractivity contribution in [1.82, 2.24) is 4.90 Å². The molecule has 0 bridgehead atoms. The Balaban J connectivity index is 0. The fourth-order valence-corrected chi connectivity index (χ4v) is 0. The Morgan fingerprint density at radius 3 is 1.50 bits per heavy atom. The minimum atomic E-state index is -0.833. The Kier molecular flexibility index (Phi) is 7.95. The van der Waals surface area contributed by atoms with Crippen LogP contribution in [0.5, 0.6) is 0 Å². The van der Waals surface area contributed by atoms with Gasteiger partial charge in [0.15, 0.2) is 0 Å². The van der Waals surface area contributed by atoms with Crippen LogP contribution in [-0.4, -0.2) is 36.1 Å². The summed E-state index contributed by atoms with van der Waals surface area (Å²) in [4.78, 5) is 11.2. The first kappa shape index (κ1) is 12.1. The third-order valence-electron chi connectivity index (χ3n) is 1.03. The van der Waals surface area contributed by atoms with Gasteiger partial charge in [0.05, 0.1) is 0 Å². The largest absolute Gasteiger partial charge is 0.481 e. The predicted molar refractivity (Wildman–Crippen MR) is 42.1 cm³/mol. The lowest BCUT2D eigenvalue weighted by Gasteiger charge is -2.12. The van der Waals surface area contributed by atoms with Crippen molar-refractivity contribution in [2.24, 2.45) is 0 Å². The lowest BCUT2D eigenvalue weighted by molar-refractivity contribution is -0.134. The van der Waals surface area contributed by atoms with E-state index >= 15 is 0 Å². The second-order valence-corrected chi connectivity index (χ2v) is 2.58. The zero-order chi connectivity index (χ0) is 8.73. The van der Waals surface area contributed by atoms with Gasteiger partial charge >= 0.3 is 0 Å². The first-order chi connectivity index (χ1) is 4.37. The first-order valence-electron chi connectivity index (χ1n) is 3.24. The SMILES string of the molecule is CC(=O)O.CC(C)N(C)C. The van der Waals surface area contributed by atoms with Crippen LogP contribution in [0.1, 0.15) is 20.8 Å². The molecule has 3 heteroatoms. The molecule has 0 aliphatic heterocycles. The quantitative estimate of drug-likeness (QED) is 0.602. The number of rotatable bonds is 1. The molecule has 0 saturated carbocycles. The molecule has 0 aromatic heterocycles. The van der Waals surface area contributed by atoms with Gasteiger partial charge in [-0.1, -0.05) is 0 Å². The van der Waals surface area contributed by atoms with E-state index in [0.717, 1.165) is 6.92 Å². The van der Waals surface area contributed by atoms with Gasteiger partial charge in [-0.3, -0.25) is 4.79 Å². The maximum atomic E-state index is 9.00. The fourth-order valence-electron chi connectivity index (χ4n) is 0. The average Bonchev–Trinajstić information content (AvgIpc) is 1.63. The van der Waals surface area contributed by atoms with Gasteiger partial charge < -0.3 is 10.0 Å². The number of carboxylic acid groups (broad SMARTS) is 1. The van der Waals surface area contributed by atoms with Gasteiger partial charge in [0.1, 0.15) is 0 Å². The van der Waals surface area contributed by atoms with E-state index in [-0.39, 0.29) is 0 Å². The van der Waals surface area contributed by atoms with Crippen molar-refractivity contribution in [3.05, 3.63) is 0 Å². The molecule has 0 aliphatic carbocycles. The molecule has 10 heavy (non-hydrogen) atoms. The second kappa shape index (κ2) is 6.55. The molecule has 0 atom stereocenters. The summed E-state index contributed by atoms with van der Waals surface area (Å²) in [5.41, 5.74) is 0. The zero-order valence-electron chi connectivity index (χ0n) is 7.38. The molecule has 0 amide bonds. The number of carbonyl (C=O) groups is 1. The Morgan fingerprint density at radius 2 is 1.50 bits per heavy atom. The average molecular weight is 147 g/mol. The molecule has 0 radical (unpaired) electrons. The Hall–Kier alpha value is -0.570. The van der Waals surface area contributed by atoms with Gasteiger partial charge in [-0.2, -0.15) is 0 Å². The van der Waals surface area contributed by atoms with Crippen LogP contribution in [0, 0.1) is 0 Å². The Morgan fingerprint density at radius 1 is 1.40 bits per heavy atom. The van der Waals surface area contributed by atoms with Crippen LogP contribution in [-0.2, 0) is 4.79 Å². The van der Waals surface area contributed by atoms with E-state index in [9.17, 15) is 0 Å². The highest BCUT2D eigenvalue weighted by atomic mass is 16.4. The minimum absolute atomic E-state index is 0.685. The number of nitrogens with zero attached hydrogens (tertiary/aromatic N) is 1. The lowest BCUT2D eigenvalue weighted by Crippen LogP contribution is -2.20. The monoisotopic (exact) mass is 147 g/mol. The molecule has 62 valence electrons. The molecule has 0 aliphatic rings. The standard InChI is InChI=1S/C5H13N.C2H4O2/c1-5(2)6(3)4;1-2(3)4/h5H,1-4H3;1H3,(H,3,4). The highest BCUT2D eigenvalue weighted by molar-refractivity contribution is 5.62. The van der Waals surface area contributed by atoms with Gasteiger partial charge in [-0.15, -0.1) is 0 Å². The van der Waals surface area contributed by atoms with Crippen molar-refractivity contribution in [3.63, 3.8) is 0 Å². The van der Waals surface area contributed by atoms with Crippen LogP contribution < -0.4 is 0 Å². The summed E-state index contributed by atoms with van der Waals surface area (Å²) < 4.78 is 0. The molecule has 0 fully saturated rings. The summed E-state index contributed by atoms with van der Waals surface area (Å²) in [7, 11) is 4.15. The summed E-state index contributed by atoms with van der Waals surface area (Å²) >= 11 is 0. The zero-order valence-corrected chi connectivity index (χ0v) is 7.38. The smallest absolute Gasteiger partial charge is 0.300 e. The summed E-state index contributed by atoms with van der Waals surface area (Å²) in [5.74, 6) is -0.833. The normalized spacial score (nSPS) is 9.10. The molecule has 1 N–H and O–H groups in total. The predicted octanol–water partition coefficient (Wildman–Crippen LogP) is 1.05. The van der Waals surface area contributed by atoms with E-state index in [2.05, 4.69) is 32.8 Å². The first-order valence-corrected chi connectivity index (χ1v) is 3.24. The third kappa shape index (κ3) is 26.1. The topological polar surface area (TPSA) is 40.5 Å². The van der Waals surface area contributed by atoms with Crippen molar-refractivity contribution in [3.8, 4) is 0 Å². The number of hydrogen-bond donors (Lipinski definition) is 1. The van der Waals surface area contributed by atoms with Crippen molar-refractivity contribution in [1.29, 1.82) is 0 Å². The van der Waals surface area contributed by atoms with Crippen LogP contribution in [0.2, 0.25) is 0 Å². The van der Waals surface area contributed by atoms with Crippen LogP contribution in [0.15, 0.2) is 0 Å². The second-order valence-electron chi connectivity index (χ2n) is 2.58. The van der Waals surface area contributed by atoms with Gasteiger partial charge in [0, 0.05) is 13.0 Å². The molecular formula is C7H17NO2. The molecule has 0 heterocycles. The minimum Gasteiger partial charge on any atom is -0.481 e. The summed E-state index contributed by atoms with van der Waals surface area (Å²) in [6.45, 7) is 5.42. The number of carboxylic acids is 1. The van der Waals surface area contributed by atoms with E-state index in [0.29, 0.717) is 6.04 Å². The van der Waals surface area contributed by atoms with Crippen LogP contribution in [0.3, 0.4) is 0 Å². The molecule has 0 saturated heterocycles. The highest BCUT2D eigenvalue weighted by Crippen LogP contribution is 1.84. The molecule has 0 rings (SSSR count). The van der Waals surface area contributed by atoms with Crippen molar-refractivity contribution in [2.45, 2.75) is 26.8 Å². The molecule has 0 aromatic rings. The summed E-state index contributed by atoms with van der Waals surface area (Å²) in [5, 5.41) is 7.42. The molecule has 3 nitrogen and oxygen atoms in total. The Labute approximate surface area is 62.7 Å². The van der Waals surface area contributed by atoms with E-state index in [1.165, 1.54) is 0 Å². The van der Waals surface area contributed by atoms with Gasteiger partial charge in [-0.25, -0.2) is 0 Å². The number of hydrogen-bond acceptors (Lipinski definition) is 2.